The van der Waals surface area contributed by atoms with Gasteiger partial charge in [0.15, 0.2) is 0 Å². The Hall–Kier alpha value is -2.15. The summed E-state index contributed by atoms with van der Waals surface area (Å²) in [6.07, 6.45) is -0.556. The molecule has 1 heterocycles. The van der Waals surface area contributed by atoms with Gasteiger partial charge < -0.3 is 5.11 Å². The first-order chi connectivity index (χ1) is 13.0. The van der Waals surface area contributed by atoms with Crippen molar-refractivity contribution in [3.05, 3.63) is 49.6 Å². The maximum Gasteiger partial charge on any atom is 0.417 e. The fourth-order valence-electron chi connectivity index (χ4n) is 2.82. The molecule has 0 atom stereocenters. The number of sulfonamides is 1. The minimum Gasteiger partial charge on any atom is -0.464 e. The molecule has 28 heavy (non-hydrogen) atoms. The Morgan fingerprint density at radius 3 is 2.54 bits per heavy atom. The van der Waals surface area contributed by atoms with Crippen molar-refractivity contribution in [3.63, 3.8) is 0 Å². The molecule has 150 valence electrons. The highest BCUT2D eigenvalue weighted by Crippen LogP contribution is 2.36. The molecule has 3 rings (SSSR count). The molecule has 0 aliphatic heterocycles. The minimum absolute atomic E-state index is 0.105. The lowest BCUT2D eigenvalue weighted by atomic mass is 10.2. The highest BCUT2D eigenvalue weighted by molar-refractivity contribution is 14.1. The van der Waals surface area contributed by atoms with Crippen LogP contribution in [0.25, 0.3) is 0 Å². The zero-order valence-electron chi connectivity index (χ0n) is 14.9. The van der Waals surface area contributed by atoms with Gasteiger partial charge in [-0.1, -0.05) is 0 Å². The van der Waals surface area contributed by atoms with Crippen molar-refractivity contribution >= 4 is 55.9 Å². The first-order valence-corrected chi connectivity index (χ1v) is 10.9. The topological polar surface area (TPSA) is 109 Å². The number of carbonyl (C=O) groups is 1. The molecule has 0 bridgehead atoms. The van der Waals surface area contributed by atoms with E-state index in [0.717, 1.165) is 10.6 Å². The number of rotatable bonds is 5. The Labute approximate surface area is 174 Å². The fraction of sp³-hybridized carbons (Fsp3) is 0.294. The third-order valence-corrected chi connectivity index (χ3v) is 6.86. The molecular weight excluding hydrogens is 504 g/mol. The molecule has 11 heteroatoms. The third-order valence-electron chi connectivity index (χ3n) is 4.33. The summed E-state index contributed by atoms with van der Waals surface area (Å²) in [7, 11) is -2.44. The van der Waals surface area contributed by atoms with Crippen molar-refractivity contribution in [2.45, 2.75) is 25.0 Å². The summed E-state index contributed by atoms with van der Waals surface area (Å²) in [6, 6.07) is 5.17. The number of aromatic nitrogens is 1. The van der Waals surface area contributed by atoms with Gasteiger partial charge in [0.25, 0.3) is 5.56 Å². The Balaban J connectivity index is 2.26. The van der Waals surface area contributed by atoms with E-state index >= 15 is 0 Å². The van der Waals surface area contributed by atoms with E-state index in [-0.39, 0.29) is 22.8 Å². The maximum absolute atomic E-state index is 14.5. The number of amides is 1. The summed E-state index contributed by atoms with van der Waals surface area (Å²) >= 11 is 1.88. The average Bonchev–Trinajstić information content (AvgIpc) is 3.42. The van der Waals surface area contributed by atoms with Gasteiger partial charge in [0.1, 0.15) is 11.6 Å². The zero-order chi connectivity index (χ0) is 20.8. The minimum atomic E-state index is -3.75. The van der Waals surface area contributed by atoms with Gasteiger partial charge in [0, 0.05) is 16.2 Å². The lowest BCUT2D eigenvalue weighted by Crippen LogP contribution is -2.34. The van der Waals surface area contributed by atoms with Gasteiger partial charge in [-0.3, -0.25) is 14.1 Å². The molecule has 1 fully saturated rings. The van der Waals surface area contributed by atoms with Crippen molar-refractivity contribution < 1.29 is 22.7 Å². The van der Waals surface area contributed by atoms with Crippen LogP contribution >= 0.6 is 22.6 Å². The van der Waals surface area contributed by atoms with Crippen LogP contribution in [0.4, 0.5) is 26.4 Å². The highest BCUT2D eigenvalue weighted by atomic mass is 127. The lowest BCUT2D eigenvalue weighted by molar-refractivity contribution is 0.204. The molecule has 0 spiro atoms. The molecule has 1 aliphatic carbocycles. The van der Waals surface area contributed by atoms with Gasteiger partial charge in [-0.05, 0) is 66.6 Å². The number of nitrogens with one attached hydrogen (secondary N) is 1. The molecule has 1 aromatic heterocycles. The summed E-state index contributed by atoms with van der Waals surface area (Å²) in [5.74, 6) is -1.11. The van der Waals surface area contributed by atoms with Gasteiger partial charge in [0.05, 0.1) is 16.6 Å². The van der Waals surface area contributed by atoms with Gasteiger partial charge in [-0.2, -0.15) is 0 Å². The Kier molecular flexibility index (Phi) is 5.40. The molecule has 1 saturated carbocycles. The van der Waals surface area contributed by atoms with Crippen LogP contribution in [0.5, 0.6) is 0 Å². The second-order valence-electron chi connectivity index (χ2n) is 6.49. The molecule has 0 unspecified atom stereocenters. The monoisotopic (exact) mass is 521 g/mol. The maximum atomic E-state index is 14.5. The van der Waals surface area contributed by atoms with E-state index in [9.17, 15) is 27.5 Å². The van der Waals surface area contributed by atoms with E-state index in [1.54, 1.807) is 0 Å². The number of anilines is 3. The van der Waals surface area contributed by atoms with Crippen molar-refractivity contribution in [1.29, 1.82) is 0 Å². The summed E-state index contributed by atoms with van der Waals surface area (Å²) in [4.78, 5) is 25.0. The number of benzene rings is 1. The Bertz CT molecular complexity index is 1130. The molecule has 2 aromatic rings. The van der Waals surface area contributed by atoms with Gasteiger partial charge in [0.2, 0.25) is 10.0 Å². The summed E-state index contributed by atoms with van der Waals surface area (Å²) in [5.41, 5.74) is -0.736. The van der Waals surface area contributed by atoms with Crippen LogP contribution in [0.3, 0.4) is 0 Å². The molecule has 1 aliphatic rings. The lowest BCUT2D eigenvalue weighted by Gasteiger charge is -2.25. The second kappa shape index (κ2) is 7.35. The van der Waals surface area contributed by atoms with Crippen molar-refractivity contribution in [3.8, 4) is 0 Å². The van der Waals surface area contributed by atoms with E-state index < -0.39 is 32.7 Å². The molecule has 2 N–H and O–H groups in total. The van der Waals surface area contributed by atoms with E-state index in [2.05, 4.69) is 4.72 Å². The zero-order valence-corrected chi connectivity index (χ0v) is 17.9. The van der Waals surface area contributed by atoms with Gasteiger partial charge >= 0.3 is 6.09 Å². The van der Waals surface area contributed by atoms with E-state index in [1.165, 1.54) is 32.2 Å². The van der Waals surface area contributed by atoms with Crippen LogP contribution in [0.1, 0.15) is 18.4 Å². The smallest absolute Gasteiger partial charge is 0.417 e. The van der Waals surface area contributed by atoms with Crippen LogP contribution in [-0.2, 0) is 17.1 Å². The van der Waals surface area contributed by atoms with Crippen LogP contribution in [0.15, 0.2) is 29.1 Å². The number of hydrogen-bond donors (Lipinski definition) is 2. The molecular formula is C17H17FIN3O5S. The van der Waals surface area contributed by atoms with Crippen LogP contribution in [0, 0.1) is 16.3 Å². The molecule has 1 aromatic carbocycles. The number of halogens is 2. The molecule has 0 radical (unpaired) electrons. The van der Waals surface area contributed by atoms with Crippen molar-refractivity contribution in [1.82, 2.24) is 4.57 Å². The SMILES string of the molecule is Cc1cc(NS(=O)(=O)C2CC2)c(N(C(=O)O)c2ccc(I)cc2F)n(C)c1=O. The normalized spacial score (nSPS) is 14.0. The van der Waals surface area contributed by atoms with E-state index in [1.807, 2.05) is 22.6 Å². The number of carboxylic acid groups (broad SMARTS) is 1. The summed E-state index contributed by atoms with van der Waals surface area (Å²) < 4.78 is 43.3. The summed E-state index contributed by atoms with van der Waals surface area (Å²) in [5, 5.41) is 9.20. The van der Waals surface area contributed by atoms with Crippen LogP contribution in [0.2, 0.25) is 0 Å². The molecule has 8 nitrogen and oxygen atoms in total. The second-order valence-corrected chi connectivity index (χ2v) is 9.70. The number of pyridine rings is 1. The quantitative estimate of drug-likeness (QED) is 0.588. The fourth-order valence-corrected chi connectivity index (χ4v) is 4.65. The number of hydrogen-bond acceptors (Lipinski definition) is 4. The largest absolute Gasteiger partial charge is 0.464 e. The highest BCUT2D eigenvalue weighted by Gasteiger charge is 2.37. The van der Waals surface area contributed by atoms with Crippen LogP contribution in [-0.4, -0.2) is 29.4 Å². The third kappa shape index (κ3) is 3.85. The van der Waals surface area contributed by atoms with E-state index in [4.69, 9.17) is 0 Å². The number of nitrogens with zero attached hydrogens (tertiary/aromatic N) is 2. The first kappa shape index (κ1) is 20.6. The van der Waals surface area contributed by atoms with Crippen LogP contribution < -0.4 is 15.2 Å². The van der Waals surface area contributed by atoms with Crippen molar-refractivity contribution in [2.75, 3.05) is 9.62 Å². The van der Waals surface area contributed by atoms with E-state index in [0.29, 0.717) is 21.3 Å². The molecule has 1 amide bonds. The number of aryl methyl sites for hydroxylation is 1. The standard InChI is InChI=1S/C17H17FIN3O5S/c1-9-7-13(20-28(26,27)11-4-5-11)15(21(2)16(9)23)22(17(24)25)14-6-3-10(19)8-12(14)18/h3,6-8,11,20H,4-5H2,1-2H3,(H,24,25). The Morgan fingerprint density at radius 1 is 1.36 bits per heavy atom. The van der Waals surface area contributed by atoms with Gasteiger partial charge in [-0.25, -0.2) is 22.5 Å². The van der Waals surface area contributed by atoms with Crippen molar-refractivity contribution in [2.24, 2.45) is 7.05 Å². The van der Waals surface area contributed by atoms with Gasteiger partial charge in [-0.15, -0.1) is 0 Å². The predicted molar refractivity (Wildman–Crippen MR) is 111 cm³/mol. The predicted octanol–water partition coefficient (Wildman–Crippen LogP) is 3.16. The summed E-state index contributed by atoms with van der Waals surface area (Å²) in [6.45, 7) is 1.48. The Morgan fingerprint density at radius 2 is 2.00 bits per heavy atom. The first-order valence-electron chi connectivity index (χ1n) is 8.23. The average molecular weight is 521 g/mol. The molecule has 0 saturated heterocycles.